The van der Waals surface area contributed by atoms with Gasteiger partial charge in [-0.1, -0.05) is 48.5 Å². The highest BCUT2D eigenvalue weighted by atomic mass is 31.1. The Balaban J connectivity index is 1.68. The first-order chi connectivity index (χ1) is 13.0. The molecule has 0 saturated carbocycles. The first kappa shape index (κ1) is 19.0. The number of benzene rings is 2. The molecule has 1 aliphatic carbocycles. The van der Waals surface area contributed by atoms with E-state index in [2.05, 4.69) is 5.32 Å². The van der Waals surface area contributed by atoms with E-state index >= 15 is 0 Å². The molecule has 0 fully saturated rings. The summed E-state index contributed by atoms with van der Waals surface area (Å²) in [5, 5.41) is 11.2. The second kappa shape index (κ2) is 8.27. The summed E-state index contributed by atoms with van der Waals surface area (Å²) in [6.45, 7) is 0.0189. The van der Waals surface area contributed by atoms with Gasteiger partial charge in [0.05, 0.1) is 0 Å². The number of carbonyl (C=O) groups excluding carboxylic acids is 1. The van der Waals surface area contributed by atoms with E-state index in [0.29, 0.717) is 0 Å². The number of amides is 1. The van der Waals surface area contributed by atoms with E-state index in [0.717, 1.165) is 22.3 Å². The fraction of sp³-hybridized carbons (Fsp3) is 0.263. The molecule has 140 valence electrons. The summed E-state index contributed by atoms with van der Waals surface area (Å²) >= 11 is 0. The minimum absolute atomic E-state index is 0.0189. The third kappa shape index (κ3) is 4.14. The molecule has 2 N–H and O–H groups in total. The fourth-order valence-corrected chi connectivity index (χ4v) is 3.54. The van der Waals surface area contributed by atoms with Gasteiger partial charge in [0.1, 0.15) is 12.6 Å². The van der Waals surface area contributed by atoms with Crippen LogP contribution in [0.1, 0.15) is 23.5 Å². The molecule has 0 aromatic heterocycles. The Kier molecular flexibility index (Phi) is 5.81. The van der Waals surface area contributed by atoms with Crippen LogP contribution in [0.5, 0.6) is 0 Å². The van der Waals surface area contributed by atoms with Gasteiger partial charge < -0.3 is 15.2 Å². The molecule has 6 nitrogen and oxygen atoms in total. The molecule has 0 radical (unpaired) electrons. The van der Waals surface area contributed by atoms with Gasteiger partial charge in [0.15, 0.2) is 14.4 Å². The summed E-state index contributed by atoms with van der Waals surface area (Å²) in [5.41, 5.74) is 4.19. The summed E-state index contributed by atoms with van der Waals surface area (Å²) < 4.78 is 28.9. The zero-order valence-corrected chi connectivity index (χ0v) is 15.1. The number of fused-ring (bicyclic) bond motifs is 3. The maximum absolute atomic E-state index is 13.2. The van der Waals surface area contributed by atoms with Crippen LogP contribution in [0, 0.1) is 0 Å². The summed E-state index contributed by atoms with van der Waals surface area (Å²) in [6, 6.07) is 14.1. The molecule has 2 atom stereocenters. The molecule has 0 spiro atoms. The van der Waals surface area contributed by atoms with Crippen molar-refractivity contribution in [1.29, 1.82) is 0 Å². The molecule has 27 heavy (non-hydrogen) atoms. The molecule has 2 aromatic rings. The van der Waals surface area contributed by atoms with E-state index < -0.39 is 38.9 Å². The molecule has 0 heterocycles. The molecular weight excluding hydrogens is 372 g/mol. The van der Waals surface area contributed by atoms with Crippen molar-refractivity contribution in [2.75, 3.05) is 6.61 Å². The van der Waals surface area contributed by atoms with Gasteiger partial charge in [-0.25, -0.2) is 14.0 Å². The number of halogens is 1. The molecule has 8 heteroatoms. The summed E-state index contributed by atoms with van der Waals surface area (Å²) in [5.74, 6) is -3.46. The van der Waals surface area contributed by atoms with Gasteiger partial charge in [-0.05, 0) is 22.3 Å². The van der Waals surface area contributed by atoms with Gasteiger partial charge >= 0.3 is 12.1 Å². The van der Waals surface area contributed by atoms with E-state index in [4.69, 9.17) is 9.84 Å². The van der Waals surface area contributed by atoms with E-state index in [9.17, 15) is 18.5 Å². The van der Waals surface area contributed by atoms with Crippen molar-refractivity contribution in [2.24, 2.45) is 0 Å². The van der Waals surface area contributed by atoms with Crippen LogP contribution < -0.4 is 5.32 Å². The molecule has 1 aliphatic rings. The predicted octanol–water partition coefficient (Wildman–Crippen LogP) is 3.96. The van der Waals surface area contributed by atoms with Crippen molar-refractivity contribution in [3.63, 3.8) is 0 Å². The number of alkyl carbamates (subject to hydrolysis) is 1. The van der Waals surface area contributed by atoms with Crippen molar-refractivity contribution in [3.8, 4) is 11.1 Å². The van der Waals surface area contributed by atoms with Crippen LogP contribution in [0.4, 0.5) is 9.18 Å². The standard InChI is InChI=1S/C19H17FNO5P/c20-17(27-25)9-16(18(22)23)21-19(24)26-10-15-13-7-3-1-5-11(13)12-6-2-4-8-14(12)15/h1-8,15-17H,9-10H2,(H,21,24)(H,22,23). The number of ether oxygens (including phenoxy) is 1. The average Bonchev–Trinajstić information content (AvgIpc) is 2.99. The Morgan fingerprint density at radius 1 is 1.11 bits per heavy atom. The number of hydrogen-bond donors (Lipinski definition) is 2. The van der Waals surface area contributed by atoms with Crippen LogP contribution in [0.2, 0.25) is 0 Å². The van der Waals surface area contributed by atoms with Crippen LogP contribution >= 0.6 is 8.46 Å². The first-order valence-corrected chi connectivity index (χ1v) is 9.20. The Hall–Kier alpha value is -2.79. The smallest absolute Gasteiger partial charge is 0.407 e. The number of carboxylic acids is 1. The number of nitrogens with one attached hydrogen (secondary N) is 1. The van der Waals surface area contributed by atoms with Gasteiger partial charge in [-0.2, -0.15) is 0 Å². The molecule has 2 aromatic carbocycles. The second-order valence-corrected chi connectivity index (χ2v) is 6.91. The topological polar surface area (TPSA) is 92.7 Å². The van der Waals surface area contributed by atoms with Crippen molar-refractivity contribution in [1.82, 2.24) is 5.32 Å². The van der Waals surface area contributed by atoms with Gasteiger partial charge in [0.25, 0.3) is 0 Å². The quantitative estimate of drug-likeness (QED) is 0.700. The number of carbonyl (C=O) groups is 2. The van der Waals surface area contributed by atoms with Crippen LogP contribution in [-0.4, -0.2) is 35.7 Å². The molecule has 0 bridgehead atoms. The summed E-state index contributed by atoms with van der Waals surface area (Å²) in [7, 11) is -0.825. The number of hydrogen-bond acceptors (Lipinski definition) is 4. The second-order valence-electron chi connectivity index (χ2n) is 6.14. The van der Waals surface area contributed by atoms with Crippen LogP contribution in [0.25, 0.3) is 11.1 Å². The van der Waals surface area contributed by atoms with Crippen molar-refractivity contribution >= 4 is 20.5 Å². The zero-order chi connectivity index (χ0) is 19.4. The minimum Gasteiger partial charge on any atom is -0.480 e. The van der Waals surface area contributed by atoms with E-state index in [-0.39, 0.29) is 12.5 Å². The van der Waals surface area contributed by atoms with Crippen LogP contribution in [0.15, 0.2) is 48.5 Å². The lowest BCUT2D eigenvalue weighted by Gasteiger charge is -2.17. The predicted molar refractivity (Wildman–Crippen MR) is 96.7 cm³/mol. The van der Waals surface area contributed by atoms with Gasteiger partial charge in [0, 0.05) is 12.3 Å². The number of carboxylic acid groups (broad SMARTS) is 1. The number of aliphatic carboxylic acids is 1. The zero-order valence-electron chi connectivity index (χ0n) is 14.2. The third-order valence-electron chi connectivity index (χ3n) is 4.48. The minimum atomic E-state index is -1.88. The number of rotatable bonds is 7. The molecule has 0 saturated heterocycles. The summed E-state index contributed by atoms with van der Waals surface area (Å²) in [6.07, 6.45) is -1.57. The van der Waals surface area contributed by atoms with Gasteiger partial charge in [-0.15, -0.1) is 0 Å². The Bertz CT molecular complexity index is 829. The fourth-order valence-electron chi connectivity index (χ4n) is 3.24. The van der Waals surface area contributed by atoms with Crippen LogP contribution in [-0.2, 0) is 14.1 Å². The van der Waals surface area contributed by atoms with Gasteiger partial charge in [-0.3, -0.25) is 4.57 Å². The maximum Gasteiger partial charge on any atom is 0.407 e. The molecule has 0 aliphatic heterocycles. The van der Waals surface area contributed by atoms with Crippen molar-refractivity contribution < 1.29 is 28.4 Å². The highest BCUT2D eigenvalue weighted by molar-refractivity contribution is 7.24. The molecule has 3 rings (SSSR count). The lowest BCUT2D eigenvalue weighted by atomic mass is 9.98. The van der Waals surface area contributed by atoms with Gasteiger partial charge in [0.2, 0.25) is 0 Å². The Labute approximate surface area is 156 Å². The molecular formula is C19H17FNO5P. The van der Waals surface area contributed by atoms with Crippen molar-refractivity contribution in [3.05, 3.63) is 59.7 Å². The average molecular weight is 389 g/mol. The SMILES string of the molecule is O=PC(F)CC(NC(=O)OCC1c2ccccc2-c2ccccc21)C(=O)O. The maximum atomic E-state index is 13.2. The molecule has 1 amide bonds. The monoisotopic (exact) mass is 389 g/mol. The summed E-state index contributed by atoms with van der Waals surface area (Å²) in [4.78, 5) is 23.1. The van der Waals surface area contributed by atoms with E-state index in [1.807, 2.05) is 48.5 Å². The van der Waals surface area contributed by atoms with E-state index in [1.54, 1.807) is 0 Å². The Morgan fingerprint density at radius 3 is 2.19 bits per heavy atom. The van der Waals surface area contributed by atoms with E-state index in [1.165, 1.54) is 0 Å². The largest absolute Gasteiger partial charge is 0.480 e. The van der Waals surface area contributed by atoms with Crippen molar-refractivity contribution in [2.45, 2.75) is 24.3 Å². The number of alkyl halides is 1. The highest BCUT2D eigenvalue weighted by Gasteiger charge is 2.30. The first-order valence-electron chi connectivity index (χ1n) is 8.32. The lowest BCUT2D eigenvalue weighted by molar-refractivity contribution is -0.139. The van der Waals surface area contributed by atoms with Crippen LogP contribution in [0.3, 0.4) is 0 Å². The third-order valence-corrected chi connectivity index (χ3v) is 4.92. The lowest BCUT2D eigenvalue weighted by Crippen LogP contribution is -2.42. The Morgan fingerprint density at radius 2 is 1.67 bits per heavy atom. The molecule has 2 unspecified atom stereocenters. The normalized spacial score (nSPS) is 14.9. The highest BCUT2D eigenvalue weighted by Crippen LogP contribution is 2.44.